The molecule has 2 aromatic rings. The average Bonchev–Trinajstić information content (AvgIpc) is 2.85. The number of ether oxygens (including phenoxy) is 1. The summed E-state index contributed by atoms with van der Waals surface area (Å²) < 4.78 is 7.81. The van der Waals surface area contributed by atoms with Crippen molar-refractivity contribution < 1.29 is 4.74 Å². The molecule has 15 heavy (non-hydrogen) atoms. The van der Waals surface area contributed by atoms with Crippen LogP contribution in [0.4, 0.5) is 0 Å². The maximum Gasteiger partial charge on any atom is 0.142 e. The van der Waals surface area contributed by atoms with Crippen molar-refractivity contribution in [1.82, 2.24) is 9.38 Å². The molecule has 0 aromatic carbocycles. The van der Waals surface area contributed by atoms with Crippen LogP contribution in [0.25, 0.3) is 5.52 Å². The number of fused-ring (bicyclic) bond motifs is 1. The van der Waals surface area contributed by atoms with Crippen molar-refractivity contribution in [3.05, 3.63) is 35.9 Å². The molecule has 1 atom stereocenters. The maximum absolute atomic E-state index is 5.66. The molecule has 1 unspecified atom stereocenters. The highest BCUT2D eigenvalue weighted by molar-refractivity contribution is 5.53. The molecular formula is C12H14N2O. The maximum atomic E-state index is 5.66. The minimum atomic E-state index is 0.189. The molecule has 1 fully saturated rings. The zero-order valence-electron chi connectivity index (χ0n) is 8.81. The topological polar surface area (TPSA) is 26.5 Å². The summed E-state index contributed by atoms with van der Waals surface area (Å²) in [7, 11) is 0. The second-order valence-electron chi connectivity index (χ2n) is 4.06. The summed E-state index contributed by atoms with van der Waals surface area (Å²) in [6.07, 6.45) is 6.42. The molecule has 2 aromatic heterocycles. The predicted octanol–water partition coefficient (Wildman–Crippen LogP) is 2.49. The first-order chi connectivity index (χ1) is 7.36. The van der Waals surface area contributed by atoms with Gasteiger partial charge in [0, 0.05) is 12.8 Å². The van der Waals surface area contributed by atoms with E-state index in [-0.39, 0.29) is 6.10 Å². The Balaban J connectivity index is 2.15. The van der Waals surface area contributed by atoms with Gasteiger partial charge in [0.1, 0.15) is 11.9 Å². The van der Waals surface area contributed by atoms with E-state index in [1.54, 1.807) is 0 Å². The summed E-state index contributed by atoms with van der Waals surface area (Å²) in [6, 6.07) is 4.17. The Labute approximate surface area is 88.7 Å². The fourth-order valence-corrected chi connectivity index (χ4v) is 2.20. The Morgan fingerprint density at radius 2 is 2.47 bits per heavy atom. The third-order valence-corrected chi connectivity index (χ3v) is 3.03. The molecule has 0 spiro atoms. The van der Waals surface area contributed by atoms with Gasteiger partial charge in [-0.05, 0) is 31.4 Å². The van der Waals surface area contributed by atoms with E-state index >= 15 is 0 Å². The number of hydrogen-bond acceptors (Lipinski definition) is 2. The van der Waals surface area contributed by atoms with E-state index < -0.39 is 0 Å². The Morgan fingerprint density at radius 1 is 1.53 bits per heavy atom. The van der Waals surface area contributed by atoms with Gasteiger partial charge in [-0.15, -0.1) is 0 Å². The molecule has 0 aliphatic carbocycles. The first kappa shape index (κ1) is 8.92. The summed E-state index contributed by atoms with van der Waals surface area (Å²) in [4.78, 5) is 4.48. The van der Waals surface area contributed by atoms with Crippen molar-refractivity contribution in [2.75, 3.05) is 6.61 Å². The zero-order valence-corrected chi connectivity index (χ0v) is 8.81. The van der Waals surface area contributed by atoms with Gasteiger partial charge in [0.2, 0.25) is 0 Å². The summed E-state index contributed by atoms with van der Waals surface area (Å²) in [5.41, 5.74) is 2.44. The van der Waals surface area contributed by atoms with Gasteiger partial charge in [-0.2, -0.15) is 0 Å². The monoisotopic (exact) mass is 202 g/mol. The standard InChI is InChI=1S/C12H14N2O/c1-9-4-2-6-14-10(9)8-13-12(14)11-5-3-7-15-11/h2,4,6,8,11H,3,5,7H2,1H3. The Hall–Kier alpha value is -1.35. The fraction of sp³-hybridized carbons (Fsp3) is 0.417. The van der Waals surface area contributed by atoms with Crippen LogP contribution < -0.4 is 0 Å². The van der Waals surface area contributed by atoms with Crippen LogP contribution in [0.2, 0.25) is 0 Å². The summed E-state index contributed by atoms with van der Waals surface area (Å²) in [5, 5.41) is 0. The molecule has 3 heterocycles. The van der Waals surface area contributed by atoms with Crippen LogP contribution in [-0.2, 0) is 4.74 Å². The van der Waals surface area contributed by atoms with E-state index in [4.69, 9.17) is 4.74 Å². The molecule has 0 saturated carbocycles. The van der Waals surface area contributed by atoms with Crippen molar-refractivity contribution in [3.63, 3.8) is 0 Å². The quantitative estimate of drug-likeness (QED) is 0.710. The molecule has 3 rings (SSSR count). The second-order valence-corrected chi connectivity index (χ2v) is 4.06. The van der Waals surface area contributed by atoms with Crippen LogP contribution in [0.15, 0.2) is 24.5 Å². The van der Waals surface area contributed by atoms with E-state index in [1.165, 1.54) is 11.1 Å². The molecule has 0 radical (unpaired) electrons. The highest BCUT2D eigenvalue weighted by Crippen LogP contribution is 2.28. The Morgan fingerprint density at radius 3 is 3.27 bits per heavy atom. The SMILES string of the molecule is Cc1cccn2c(C3CCCO3)ncc12. The first-order valence-electron chi connectivity index (χ1n) is 5.40. The molecule has 1 aliphatic heterocycles. The summed E-state index contributed by atoms with van der Waals surface area (Å²) in [5.74, 6) is 1.05. The second kappa shape index (κ2) is 3.35. The third kappa shape index (κ3) is 1.35. The lowest BCUT2D eigenvalue weighted by Crippen LogP contribution is -2.02. The molecule has 0 bridgehead atoms. The number of aromatic nitrogens is 2. The zero-order chi connectivity index (χ0) is 10.3. The van der Waals surface area contributed by atoms with Crippen LogP contribution in [0.5, 0.6) is 0 Å². The minimum absolute atomic E-state index is 0.189. The molecular weight excluding hydrogens is 188 g/mol. The number of hydrogen-bond donors (Lipinski definition) is 0. The minimum Gasteiger partial charge on any atom is -0.370 e. The number of aryl methyl sites for hydroxylation is 1. The van der Waals surface area contributed by atoms with Crippen molar-refractivity contribution in [2.24, 2.45) is 0 Å². The van der Waals surface area contributed by atoms with Gasteiger partial charge in [0.25, 0.3) is 0 Å². The highest BCUT2D eigenvalue weighted by atomic mass is 16.5. The normalized spacial score (nSPS) is 21.3. The lowest BCUT2D eigenvalue weighted by Gasteiger charge is -2.08. The van der Waals surface area contributed by atoms with Gasteiger partial charge >= 0.3 is 0 Å². The third-order valence-electron chi connectivity index (χ3n) is 3.03. The predicted molar refractivity (Wildman–Crippen MR) is 57.9 cm³/mol. The number of imidazole rings is 1. The van der Waals surface area contributed by atoms with Crippen molar-refractivity contribution in [3.8, 4) is 0 Å². The lowest BCUT2D eigenvalue weighted by atomic mass is 10.2. The average molecular weight is 202 g/mol. The van der Waals surface area contributed by atoms with E-state index in [0.29, 0.717) is 0 Å². The van der Waals surface area contributed by atoms with Crippen LogP contribution in [-0.4, -0.2) is 16.0 Å². The lowest BCUT2D eigenvalue weighted by molar-refractivity contribution is 0.104. The van der Waals surface area contributed by atoms with Crippen molar-refractivity contribution in [1.29, 1.82) is 0 Å². The molecule has 0 N–H and O–H groups in total. The molecule has 0 amide bonds. The molecule has 3 nitrogen and oxygen atoms in total. The van der Waals surface area contributed by atoms with Crippen LogP contribution in [0.3, 0.4) is 0 Å². The van der Waals surface area contributed by atoms with Crippen LogP contribution in [0.1, 0.15) is 30.3 Å². The van der Waals surface area contributed by atoms with Gasteiger partial charge < -0.3 is 9.14 Å². The van der Waals surface area contributed by atoms with E-state index in [0.717, 1.165) is 25.3 Å². The van der Waals surface area contributed by atoms with Gasteiger partial charge in [-0.25, -0.2) is 4.98 Å². The first-order valence-corrected chi connectivity index (χ1v) is 5.40. The Bertz CT molecular complexity index is 483. The smallest absolute Gasteiger partial charge is 0.142 e. The molecule has 78 valence electrons. The number of rotatable bonds is 1. The highest BCUT2D eigenvalue weighted by Gasteiger charge is 2.21. The van der Waals surface area contributed by atoms with Crippen LogP contribution in [0, 0.1) is 6.92 Å². The van der Waals surface area contributed by atoms with Crippen molar-refractivity contribution in [2.45, 2.75) is 25.9 Å². The van der Waals surface area contributed by atoms with Gasteiger partial charge in [-0.3, -0.25) is 0 Å². The molecule has 3 heteroatoms. The van der Waals surface area contributed by atoms with Crippen molar-refractivity contribution >= 4 is 5.52 Å². The fourth-order valence-electron chi connectivity index (χ4n) is 2.20. The summed E-state index contributed by atoms with van der Waals surface area (Å²) in [6.45, 7) is 2.97. The number of pyridine rings is 1. The van der Waals surface area contributed by atoms with Gasteiger partial charge in [0.05, 0.1) is 11.7 Å². The van der Waals surface area contributed by atoms with Crippen LogP contribution >= 0.6 is 0 Å². The largest absolute Gasteiger partial charge is 0.370 e. The Kier molecular flexibility index (Phi) is 1.99. The summed E-state index contributed by atoms with van der Waals surface area (Å²) >= 11 is 0. The van der Waals surface area contributed by atoms with E-state index in [1.807, 2.05) is 6.20 Å². The molecule has 1 saturated heterocycles. The van der Waals surface area contributed by atoms with Gasteiger partial charge in [0.15, 0.2) is 0 Å². The van der Waals surface area contributed by atoms with E-state index in [2.05, 4.69) is 34.6 Å². The van der Waals surface area contributed by atoms with Gasteiger partial charge in [-0.1, -0.05) is 6.07 Å². The molecule has 1 aliphatic rings. The van der Waals surface area contributed by atoms with E-state index in [9.17, 15) is 0 Å². The number of nitrogens with zero attached hydrogens (tertiary/aromatic N) is 2.